The van der Waals surface area contributed by atoms with Crippen molar-refractivity contribution in [2.75, 3.05) is 40.8 Å². The molecule has 7 heteroatoms. The fraction of sp³-hybridized carbons (Fsp3) is 0.643. The van der Waals surface area contributed by atoms with Gasteiger partial charge in [-0.05, 0) is 71.6 Å². The van der Waals surface area contributed by atoms with Crippen LogP contribution in [0.15, 0.2) is 24.4 Å². The van der Waals surface area contributed by atoms with E-state index in [-0.39, 0.29) is 0 Å². The minimum absolute atomic E-state index is 0.341. The maximum atomic E-state index is 5.17. The third-order valence-corrected chi connectivity index (χ3v) is 7.06. The van der Waals surface area contributed by atoms with E-state index in [1.807, 2.05) is 6.20 Å². The van der Waals surface area contributed by atoms with Gasteiger partial charge in [-0.2, -0.15) is 0 Å². The number of imidazole rings is 1. The molecule has 2 heterocycles. The number of nitrogens with zero attached hydrogens (tertiary/aromatic N) is 6. The molecule has 0 bridgehead atoms. The third kappa shape index (κ3) is 7.46. The molecule has 2 aromatic heterocycles. The largest absolute Gasteiger partial charge is 0.313 e. The number of aryl methyl sites for hydroxylation is 1. The molecule has 3 rings (SSSR count). The lowest BCUT2D eigenvalue weighted by molar-refractivity contribution is 0.204. The van der Waals surface area contributed by atoms with Gasteiger partial charge in [-0.25, -0.2) is 4.98 Å². The van der Waals surface area contributed by atoms with E-state index >= 15 is 0 Å². The SMILES string of the molecule is C/C=C\c1nc(CN(C)[C@H]2CCCc3cccnc32)c(CNC(C)C)n1CN(C)CCN(C)CC. The van der Waals surface area contributed by atoms with Gasteiger partial charge >= 0.3 is 0 Å². The van der Waals surface area contributed by atoms with Gasteiger partial charge < -0.3 is 14.8 Å². The summed E-state index contributed by atoms with van der Waals surface area (Å²) in [5, 5.41) is 3.66. The van der Waals surface area contributed by atoms with E-state index in [0.717, 1.165) is 63.8 Å². The Kier molecular flexibility index (Phi) is 10.5. The van der Waals surface area contributed by atoms with Crippen molar-refractivity contribution < 1.29 is 0 Å². The zero-order valence-corrected chi connectivity index (χ0v) is 23.1. The highest BCUT2D eigenvalue weighted by Gasteiger charge is 2.27. The first-order chi connectivity index (χ1) is 16.8. The molecular formula is C28H47N7. The van der Waals surface area contributed by atoms with E-state index in [1.165, 1.54) is 23.4 Å². The molecule has 0 amide bonds. The van der Waals surface area contributed by atoms with Crippen LogP contribution < -0.4 is 5.32 Å². The minimum atomic E-state index is 0.341. The van der Waals surface area contributed by atoms with E-state index in [9.17, 15) is 0 Å². The van der Waals surface area contributed by atoms with Crippen LogP contribution in [0.4, 0.5) is 0 Å². The van der Waals surface area contributed by atoms with Crippen molar-refractivity contribution in [1.82, 2.24) is 34.6 Å². The molecule has 194 valence electrons. The summed E-state index contributed by atoms with van der Waals surface area (Å²) in [5.41, 5.74) is 5.09. The first kappa shape index (κ1) is 27.5. The van der Waals surface area contributed by atoms with Gasteiger partial charge in [-0.15, -0.1) is 0 Å². The molecule has 35 heavy (non-hydrogen) atoms. The van der Waals surface area contributed by atoms with Crippen LogP contribution in [-0.2, 0) is 26.2 Å². The molecule has 0 aromatic carbocycles. The highest BCUT2D eigenvalue weighted by molar-refractivity contribution is 5.42. The van der Waals surface area contributed by atoms with Crippen molar-refractivity contribution in [1.29, 1.82) is 0 Å². The quantitative estimate of drug-likeness (QED) is 0.464. The maximum Gasteiger partial charge on any atom is 0.134 e. The Morgan fingerprint density at radius 1 is 1.20 bits per heavy atom. The number of hydrogen-bond acceptors (Lipinski definition) is 6. The summed E-state index contributed by atoms with van der Waals surface area (Å²) >= 11 is 0. The molecule has 0 radical (unpaired) electrons. The first-order valence-corrected chi connectivity index (χ1v) is 13.3. The first-order valence-electron chi connectivity index (χ1n) is 13.3. The van der Waals surface area contributed by atoms with Gasteiger partial charge in [0.1, 0.15) is 5.82 Å². The van der Waals surface area contributed by atoms with Gasteiger partial charge in [0.05, 0.1) is 29.8 Å². The Balaban J connectivity index is 1.87. The third-order valence-electron chi connectivity index (χ3n) is 7.06. The molecule has 0 saturated heterocycles. The van der Waals surface area contributed by atoms with Crippen LogP contribution in [0.25, 0.3) is 6.08 Å². The standard InChI is InChI=1S/C28H47N7/c1-8-12-27-31-24(20-34(7)25-15-10-13-23-14-11-16-29-28(23)25)26(19-30-22(3)4)35(27)21-33(6)18-17-32(5)9-2/h8,11-12,14,16,22,25,30H,9-10,13,15,17-21H2,1-7H3/b12-8-/t25-/m0/s1. The summed E-state index contributed by atoms with van der Waals surface area (Å²) in [7, 11) is 6.62. The molecule has 0 saturated carbocycles. The second kappa shape index (κ2) is 13.3. The van der Waals surface area contributed by atoms with Crippen LogP contribution in [-0.4, -0.2) is 76.1 Å². The van der Waals surface area contributed by atoms with Gasteiger partial charge in [0.2, 0.25) is 0 Å². The van der Waals surface area contributed by atoms with Crippen molar-refractivity contribution in [2.24, 2.45) is 0 Å². The minimum Gasteiger partial charge on any atom is -0.313 e. The molecule has 1 N–H and O–H groups in total. The van der Waals surface area contributed by atoms with Crippen molar-refractivity contribution >= 4 is 6.08 Å². The van der Waals surface area contributed by atoms with E-state index in [1.54, 1.807) is 0 Å². The predicted molar refractivity (Wildman–Crippen MR) is 146 cm³/mol. The predicted octanol–water partition coefficient (Wildman–Crippen LogP) is 4.16. The summed E-state index contributed by atoms with van der Waals surface area (Å²) in [5.74, 6) is 1.04. The number of hydrogen-bond donors (Lipinski definition) is 1. The van der Waals surface area contributed by atoms with Crippen LogP contribution in [0, 0.1) is 0 Å². The average molecular weight is 482 g/mol. The monoisotopic (exact) mass is 481 g/mol. The zero-order valence-electron chi connectivity index (χ0n) is 23.1. The molecule has 0 spiro atoms. The van der Waals surface area contributed by atoms with Crippen molar-refractivity contribution in [3.8, 4) is 0 Å². The Hall–Kier alpha value is -2.06. The summed E-state index contributed by atoms with van der Waals surface area (Å²) in [6, 6.07) is 5.06. The van der Waals surface area contributed by atoms with Crippen molar-refractivity contribution in [3.05, 3.63) is 52.9 Å². The topological polar surface area (TPSA) is 52.5 Å². The Morgan fingerprint density at radius 2 is 1.97 bits per heavy atom. The van der Waals surface area contributed by atoms with Crippen LogP contribution >= 0.6 is 0 Å². The smallest absolute Gasteiger partial charge is 0.134 e. The molecule has 1 aliphatic rings. The van der Waals surface area contributed by atoms with Crippen molar-refractivity contribution in [2.45, 2.75) is 78.8 Å². The lowest BCUT2D eigenvalue weighted by Crippen LogP contribution is -2.33. The summed E-state index contributed by atoms with van der Waals surface area (Å²) in [4.78, 5) is 17.2. The molecule has 7 nitrogen and oxygen atoms in total. The fourth-order valence-corrected chi connectivity index (χ4v) is 4.79. The lowest BCUT2D eigenvalue weighted by atomic mass is 9.91. The highest BCUT2D eigenvalue weighted by Crippen LogP contribution is 2.33. The number of pyridine rings is 1. The zero-order chi connectivity index (χ0) is 25.4. The average Bonchev–Trinajstić information content (AvgIpc) is 3.15. The Morgan fingerprint density at radius 3 is 2.69 bits per heavy atom. The van der Waals surface area contributed by atoms with Crippen LogP contribution in [0.2, 0.25) is 0 Å². The summed E-state index contributed by atoms with van der Waals surface area (Å²) < 4.78 is 2.40. The van der Waals surface area contributed by atoms with E-state index in [0.29, 0.717) is 12.1 Å². The van der Waals surface area contributed by atoms with Crippen molar-refractivity contribution in [3.63, 3.8) is 0 Å². The normalized spacial score (nSPS) is 16.4. The van der Waals surface area contributed by atoms with Crippen LogP contribution in [0.1, 0.15) is 75.0 Å². The molecule has 0 fully saturated rings. The van der Waals surface area contributed by atoms with Crippen LogP contribution in [0.3, 0.4) is 0 Å². The number of aromatic nitrogens is 3. The maximum absolute atomic E-state index is 5.17. The van der Waals surface area contributed by atoms with E-state index in [4.69, 9.17) is 9.97 Å². The summed E-state index contributed by atoms with van der Waals surface area (Å²) in [6.07, 6.45) is 9.68. The second-order valence-electron chi connectivity index (χ2n) is 10.3. The second-order valence-corrected chi connectivity index (χ2v) is 10.3. The number of fused-ring (bicyclic) bond motifs is 1. The molecule has 0 aliphatic heterocycles. The lowest BCUT2D eigenvalue weighted by Gasteiger charge is -2.32. The van der Waals surface area contributed by atoms with Gasteiger partial charge in [0.15, 0.2) is 0 Å². The van der Waals surface area contributed by atoms with Gasteiger partial charge in [0, 0.05) is 38.4 Å². The molecule has 0 unspecified atom stereocenters. The Bertz CT molecular complexity index is 949. The summed E-state index contributed by atoms with van der Waals surface area (Å²) in [6.45, 7) is 14.3. The van der Waals surface area contributed by atoms with Crippen LogP contribution in [0.5, 0.6) is 0 Å². The molecule has 2 aromatic rings. The van der Waals surface area contributed by atoms with Gasteiger partial charge in [-0.3, -0.25) is 14.8 Å². The fourth-order valence-electron chi connectivity index (χ4n) is 4.79. The number of allylic oxidation sites excluding steroid dienone is 1. The number of nitrogens with one attached hydrogen (secondary N) is 1. The highest BCUT2D eigenvalue weighted by atomic mass is 15.3. The molecule has 1 atom stereocenters. The Labute approximate surface area is 213 Å². The van der Waals surface area contributed by atoms with E-state index in [2.05, 4.69) is 97.7 Å². The van der Waals surface area contributed by atoms with E-state index < -0.39 is 0 Å². The molecular weight excluding hydrogens is 434 g/mol. The number of likely N-dealkylation sites (N-methyl/N-ethyl adjacent to an activating group) is 2. The molecule has 1 aliphatic carbocycles. The number of rotatable bonds is 13. The van der Waals surface area contributed by atoms with Gasteiger partial charge in [-0.1, -0.05) is 32.9 Å². The van der Waals surface area contributed by atoms with Gasteiger partial charge in [0.25, 0.3) is 0 Å².